The third-order valence-corrected chi connectivity index (χ3v) is 5.49. The van der Waals surface area contributed by atoms with E-state index < -0.39 is 0 Å². The zero-order chi connectivity index (χ0) is 18.1. The van der Waals surface area contributed by atoms with Crippen molar-refractivity contribution in [2.75, 3.05) is 5.73 Å². The van der Waals surface area contributed by atoms with E-state index in [0.29, 0.717) is 11.3 Å². The maximum atomic E-state index is 12.0. The summed E-state index contributed by atoms with van der Waals surface area (Å²) in [7, 11) is 0. The van der Waals surface area contributed by atoms with Gasteiger partial charge in [-0.1, -0.05) is 24.3 Å². The van der Waals surface area contributed by atoms with E-state index in [4.69, 9.17) is 5.73 Å². The number of benzene rings is 2. The van der Waals surface area contributed by atoms with Gasteiger partial charge in [0.2, 0.25) is 0 Å². The predicted octanol–water partition coefficient (Wildman–Crippen LogP) is 2.76. The van der Waals surface area contributed by atoms with Crippen molar-refractivity contribution in [3.8, 4) is 11.3 Å². The summed E-state index contributed by atoms with van der Waals surface area (Å²) in [5.74, 6) is 0. The molecule has 2 heterocycles. The van der Waals surface area contributed by atoms with Crippen molar-refractivity contribution in [1.29, 1.82) is 0 Å². The number of rotatable bonds is 1. The smallest absolute Gasteiger partial charge is 0.0238 e. The van der Waals surface area contributed by atoms with Gasteiger partial charge in [0.15, 0.2) is 0 Å². The Hall–Kier alpha value is -2.71. The molecule has 0 saturated carbocycles. The average molecular weight is 405 g/mol. The molecule has 2 aromatic carbocycles. The molecule has 5 heteroatoms. The minimum atomic E-state index is 0.0111. The van der Waals surface area contributed by atoms with Gasteiger partial charge in [-0.05, 0) is 24.0 Å². The van der Waals surface area contributed by atoms with Crippen molar-refractivity contribution in [3.63, 3.8) is 0 Å². The maximum absolute atomic E-state index is 12.0. The van der Waals surface area contributed by atoms with Crippen LogP contribution in [0.1, 0.15) is 11.1 Å². The van der Waals surface area contributed by atoms with E-state index in [0.717, 1.165) is 16.6 Å². The molecule has 2 bridgehead atoms. The molecule has 0 spiro atoms. The summed E-state index contributed by atoms with van der Waals surface area (Å²) in [5, 5.41) is 1.05. The number of aromatic amines is 1. The molecule has 4 nitrogen and oxygen atoms in total. The first-order valence-electron chi connectivity index (χ1n) is 8.53. The molecule has 1 atom stereocenters. The van der Waals surface area contributed by atoms with Gasteiger partial charge < -0.3 is 0 Å². The SMILES string of the molecule is Nc1ccc2cc(-c3cccn([AsH2])c3=O)[nH]c2c1.c1cc2ccc1CC2. The van der Waals surface area contributed by atoms with E-state index in [-0.39, 0.29) is 5.56 Å². The molecule has 0 radical (unpaired) electrons. The molecule has 130 valence electrons. The molecular weight excluding hydrogens is 385 g/mol. The summed E-state index contributed by atoms with van der Waals surface area (Å²) in [4.78, 5) is 15.3. The van der Waals surface area contributed by atoms with E-state index >= 15 is 0 Å². The van der Waals surface area contributed by atoms with Gasteiger partial charge in [-0.2, -0.15) is 0 Å². The van der Waals surface area contributed by atoms with Crippen molar-refractivity contribution < 1.29 is 0 Å². The number of aryl methyl sites for hydroxylation is 2. The topological polar surface area (TPSA) is 63.8 Å². The Morgan fingerprint density at radius 3 is 2.27 bits per heavy atom. The second-order valence-electron chi connectivity index (χ2n) is 6.48. The molecule has 26 heavy (non-hydrogen) atoms. The Morgan fingerprint density at radius 2 is 1.65 bits per heavy atom. The fourth-order valence-corrected chi connectivity index (χ4v) is 3.67. The summed E-state index contributed by atoms with van der Waals surface area (Å²) >= 11 is 1.27. The minimum Gasteiger partial charge on any atom is -0.0588 e. The summed E-state index contributed by atoms with van der Waals surface area (Å²) < 4.78 is 1.63. The number of nitrogens with one attached hydrogen (secondary N) is 1. The number of fused-ring (bicyclic) bond motifs is 4. The number of anilines is 1. The van der Waals surface area contributed by atoms with Crippen molar-refractivity contribution in [1.82, 2.24) is 8.47 Å². The molecule has 3 N–H and O–H groups in total. The molecule has 0 amide bonds. The van der Waals surface area contributed by atoms with Crippen molar-refractivity contribution in [2.24, 2.45) is 0 Å². The quantitative estimate of drug-likeness (QED) is 0.378. The zero-order valence-corrected chi connectivity index (χ0v) is 16.7. The molecule has 6 rings (SSSR count). The van der Waals surface area contributed by atoms with E-state index in [1.807, 2.05) is 36.4 Å². The first kappa shape index (κ1) is 16.7. The van der Waals surface area contributed by atoms with Crippen molar-refractivity contribution >= 4 is 33.7 Å². The van der Waals surface area contributed by atoms with Crippen LogP contribution in [-0.2, 0) is 12.8 Å². The first-order chi connectivity index (χ1) is 12.6. The number of hydrogen-bond acceptors (Lipinski definition) is 2. The summed E-state index contributed by atoms with van der Waals surface area (Å²) in [6.07, 6.45) is 4.30. The monoisotopic (exact) mass is 405 g/mol. The van der Waals surface area contributed by atoms with E-state index in [1.165, 1.54) is 41.0 Å². The van der Waals surface area contributed by atoms with Crippen LogP contribution in [0.3, 0.4) is 0 Å². The number of aromatic nitrogens is 2. The molecule has 2 aromatic heterocycles. The molecule has 4 aromatic rings. The van der Waals surface area contributed by atoms with Crippen LogP contribution in [-0.4, -0.2) is 25.5 Å². The van der Waals surface area contributed by atoms with Crippen LogP contribution in [0.4, 0.5) is 5.69 Å². The fraction of sp³-hybridized carbons (Fsp3) is 0.0952. The Balaban J connectivity index is 0.000000174. The third-order valence-electron chi connectivity index (χ3n) is 4.64. The molecule has 2 aliphatic carbocycles. The minimum absolute atomic E-state index is 0.0111. The van der Waals surface area contributed by atoms with Crippen LogP contribution in [0.25, 0.3) is 22.2 Å². The van der Waals surface area contributed by atoms with Crippen LogP contribution in [0.15, 0.2) is 71.7 Å². The van der Waals surface area contributed by atoms with Crippen LogP contribution >= 0.6 is 0 Å². The standard InChI is InChI=1S/C13H12AsN3O.C8H8/c14-17-5-1-2-10(13(17)18)12-6-8-3-4-9(15)7-11(8)16-12;1-2-8-5-3-7(1)4-6-8/h1-7,16H,14-15H2;1-3,5H,4,6H2. The van der Waals surface area contributed by atoms with Crippen molar-refractivity contribution in [2.45, 2.75) is 12.8 Å². The molecule has 2 aliphatic rings. The zero-order valence-electron chi connectivity index (χ0n) is 14.3. The van der Waals surface area contributed by atoms with Gasteiger partial charge in [0.25, 0.3) is 0 Å². The Bertz CT molecular complexity index is 1100. The number of hydrogen-bond donors (Lipinski definition) is 2. The second-order valence-corrected chi connectivity index (χ2v) is 7.65. The summed E-state index contributed by atoms with van der Waals surface area (Å²) in [5.41, 5.74) is 11.9. The molecule has 0 aliphatic heterocycles. The maximum Gasteiger partial charge on any atom is -0.0238 e. The Labute approximate surface area is 160 Å². The molecule has 1 unspecified atom stereocenters. The van der Waals surface area contributed by atoms with E-state index in [2.05, 4.69) is 29.2 Å². The Kier molecular flexibility index (Phi) is 4.44. The first-order valence-corrected chi connectivity index (χ1v) is 9.62. The van der Waals surface area contributed by atoms with Gasteiger partial charge in [-0.25, -0.2) is 0 Å². The number of pyridine rings is 1. The van der Waals surface area contributed by atoms with Gasteiger partial charge in [-0.3, -0.25) is 0 Å². The van der Waals surface area contributed by atoms with Crippen LogP contribution < -0.4 is 11.3 Å². The number of nitrogens with two attached hydrogens (primary N) is 1. The molecular formula is C21H20AsN3O. The number of H-pyrrole nitrogens is 1. The normalized spacial score (nSPS) is 12.0. The van der Waals surface area contributed by atoms with Gasteiger partial charge in [0.1, 0.15) is 0 Å². The van der Waals surface area contributed by atoms with Gasteiger partial charge >= 0.3 is 112 Å². The van der Waals surface area contributed by atoms with Crippen molar-refractivity contribution in [3.05, 3.63) is 88.3 Å². The van der Waals surface area contributed by atoms with Gasteiger partial charge in [-0.15, -0.1) is 0 Å². The third kappa shape index (κ3) is 3.33. The van der Waals surface area contributed by atoms with E-state index in [9.17, 15) is 4.79 Å². The van der Waals surface area contributed by atoms with Crippen LogP contribution in [0.5, 0.6) is 0 Å². The molecule has 0 fully saturated rings. The van der Waals surface area contributed by atoms with E-state index in [1.54, 1.807) is 9.68 Å². The summed E-state index contributed by atoms with van der Waals surface area (Å²) in [6.45, 7) is 0. The van der Waals surface area contributed by atoms with Crippen LogP contribution in [0.2, 0.25) is 0 Å². The number of nitrogen functional groups attached to an aromatic ring is 1. The predicted molar refractivity (Wildman–Crippen MR) is 110 cm³/mol. The Morgan fingerprint density at radius 1 is 0.962 bits per heavy atom. The molecule has 0 saturated heterocycles. The summed E-state index contributed by atoms with van der Waals surface area (Å²) in [6, 6.07) is 20.2. The number of nitrogens with zero attached hydrogens (tertiary/aromatic N) is 1. The van der Waals surface area contributed by atoms with Crippen LogP contribution in [0, 0.1) is 0 Å². The largest absolute Gasteiger partial charge is 0.0588 e. The van der Waals surface area contributed by atoms with Gasteiger partial charge in [0.05, 0.1) is 0 Å². The fourth-order valence-electron chi connectivity index (χ4n) is 3.17. The average Bonchev–Trinajstić information content (AvgIpc) is 3.09. The van der Waals surface area contributed by atoms with Gasteiger partial charge in [0, 0.05) is 0 Å². The second kappa shape index (κ2) is 6.89.